The summed E-state index contributed by atoms with van der Waals surface area (Å²) in [5.74, 6) is -0.00220. The summed E-state index contributed by atoms with van der Waals surface area (Å²) < 4.78 is 5.49. The average molecular weight is 1150 g/mol. The van der Waals surface area contributed by atoms with Crippen molar-refractivity contribution in [2.75, 3.05) is 13.2 Å². The lowest BCUT2D eigenvalue weighted by atomic mass is 10.0. The smallest absolute Gasteiger partial charge is 0.305 e. The van der Waals surface area contributed by atoms with Gasteiger partial charge in [0.25, 0.3) is 0 Å². The van der Waals surface area contributed by atoms with Crippen LogP contribution in [-0.2, 0) is 14.3 Å². The van der Waals surface area contributed by atoms with Crippen molar-refractivity contribution in [3.63, 3.8) is 0 Å². The Labute approximate surface area is 508 Å². The SMILES string of the molecule is CCCCCCCCCCCCCCCCCCCCCCCC(O)C(CO)NC(=O)CCCCCCCCCCCCCCCCCCCCCCCCCCCCCCCCCOC(=O)CCCCCCCCCCCCCC. The van der Waals surface area contributed by atoms with Crippen LogP contribution in [0.3, 0.4) is 0 Å². The average Bonchev–Trinajstić information content (AvgIpc) is 3.47. The number of esters is 1. The van der Waals surface area contributed by atoms with E-state index in [1.165, 1.54) is 372 Å². The molecule has 2 atom stereocenters. The molecule has 3 N–H and O–H groups in total. The topological polar surface area (TPSA) is 95.9 Å². The van der Waals surface area contributed by atoms with Gasteiger partial charge in [-0.3, -0.25) is 9.59 Å². The van der Waals surface area contributed by atoms with Gasteiger partial charge in [-0.2, -0.15) is 0 Å². The van der Waals surface area contributed by atoms with Crippen molar-refractivity contribution in [1.82, 2.24) is 5.32 Å². The number of unbranched alkanes of at least 4 members (excludes halogenated alkanes) is 61. The van der Waals surface area contributed by atoms with Crippen LogP contribution in [0.5, 0.6) is 0 Å². The van der Waals surface area contributed by atoms with Crippen molar-refractivity contribution in [2.24, 2.45) is 0 Å². The maximum atomic E-state index is 12.6. The van der Waals surface area contributed by atoms with Crippen LogP contribution in [-0.4, -0.2) is 47.4 Å². The zero-order chi connectivity index (χ0) is 58.5. The normalized spacial score (nSPS) is 12.4. The number of aliphatic hydroxyl groups excluding tert-OH is 2. The molecule has 0 aromatic rings. The van der Waals surface area contributed by atoms with Gasteiger partial charge in [-0.05, 0) is 25.7 Å². The molecular weight excluding hydrogens is 995 g/mol. The van der Waals surface area contributed by atoms with Crippen LogP contribution in [0.15, 0.2) is 0 Å². The molecule has 0 aliphatic rings. The van der Waals surface area contributed by atoms with E-state index in [1.807, 2.05) is 0 Å². The summed E-state index contributed by atoms with van der Waals surface area (Å²) in [6, 6.07) is -0.538. The fraction of sp³-hybridized carbons (Fsp3) is 0.973. The van der Waals surface area contributed by atoms with E-state index in [9.17, 15) is 19.8 Å². The zero-order valence-electron chi connectivity index (χ0n) is 55.6. The highest BCUT2D eigenvalue weighted by Crippen LogP contribution is 2.20. The Hall–Kier alpha value is -1.14. The number of amides is 1. The van der Waals surface area contributed by atoms with Gasteiger partial charge in [-0.1, -0.05) is 406 Å². The van der Waals surface area contributed by atoms with E-state index in [4.69, 9.17) is 4.74 Å². The Balaban J connectivity index is 3.32. The van der Waals surface area contributed by atoms with Gasteiger partial charge in [-0.15, -0.1) is 0 Å². The molecule has 0 bridgehead atoms. The van der Waals surface area contributed by atoms with Crippen molar-refractivity contribution >= 4 is 11.9 Å². The van der Waals surface area contributed by atoms with Crippen LogP contribution >= 0.6 is 0 Å². The summed E-state index contributed by atoms with van der Waals surface area (Å²) in [6.45, 7) is 5.01. The van der Waals surface area contributed by atoms with Crippen molar-refractivity contribution in [3.8, 4) is 0 Å². The quantitative estimate of drug-likeness (QED) is 0.0417. The number of carbonyl (C=O) groups is 2. The summed E-state index contributed by atoms with van der Waals surface area (Å²) in [5.41, 5.74) is 0. The van der Waals surface area contributed by atoms with Crippen molar-refractivity contribution in [1.29, 1.82) is 0 Å². The Bertz CT molecular complexity index is 1180. The molecule has 0 heterocycles. The van der Waals surface area contributed by atoms with Gasteiger partial charge in [0.05, 0.1) is 25.4 Å². The molecule has 0 aromatic heterocycles. The third-order valence-electron chi connectivity index (χ3n) is 18.2. The highest BCUT2D eigenvalue weighted by molar-refractivity contribution is 5.76. The van der Waals surface area contributed by atoms with Crippen molar-refractivity contribution in [2.45, 2.75) is 456 Å². The molecule has 0 radical (unpaired) electrons. The Morgan fingerprint density at radius 3 is 0.753 bits per heavy atom. The molecule has 0 spiro atoms. The lowest BCUT2D eigenvalue weighted by molar-refractivity contribution is -0.143. The number of ether oxygens (including phenoxy) is 1. The summed E-state index contributed by atoms with van der Waals surface area (Å²) in [6.07, 6.45) is 87.5. The number of hydrogen-bond donors (Lipinski definition) is 3. The number of rotatable bonds is 72. The fourth-order valence-corrected chi connectivity index (χ4v) is 12.4. The largest absolute Gasteiger partial charge is 0.466 e. The number of hydrogen-bond acceptors (Lipinski definition) is 5. The van der Waals surface area contributed by atoms with Gasteiger partial charge in [0.15, 0.2) is 0 Å². The summed E-state index contributed by atoms with van der Waals surface area (Å²) in [5, 5.41) is 23.4. The minimum atomic E-state index is -0.661. The molecule has 1 amide bonds. The summed E-state index contributed by atoms with van der Waals surface area (Å²) >= 11 is 0. The first kappa shape index (κ1) is 79.9. The van der Waals surface area contributed by atoms with E-state index in [-0.39, 0.29) is 18.5 Å². The first-order valence-corrected chi connectivity index (χ1v) is 37.8. The molecule has 81 heavy (non-hydrogen) atoms. The Morgan fingerprint density at radius 2 is 0.506 bits per heavy atom. The lowest BCUT2D eigenvalue weighted by Crippen LogP contribution is -2.45. The van der Waals surface area contributed by atoms with E-state index in [0.29, 0.717) is 25.9 Å². The van der Waals surface area contributed by atoms with Gasteiger partial charge in [0, 0.05) is 12.8 Å². The van der Waals surface area contributed by atoms with Gasteiger partial charge < -0.3 is 20.3 Å². The number of nitrogens with one attached hydrogen (secondary N) is 1. The predicted molar refractivity (Wildman–Crippen MR) is 357 cm³/mol. The molecule has 0 rings (SSSR count). The van der Waals surface area contributed by atoms with Gasteiger partial charge in [0.2, 0.25) is 5.91 Å². The van der Waals surface area contributed by atoms with Gasteiger partial charge >= 0.3 is 5.97 Å². The standard InChI is InChI=1S/C75H149NO5/c1-3-5-7-9-11-13-15-17-18-19-20-32-35-38-41-44-47-51-55-59-63-67-73(78)72(71-77)76-74(79)68-64-60-56-52-48-45-42-39-36-33-30-28-26-24-22-21-23-25-27-29-31-34-37-40-43-46-50-54-58-62-66-70-81-75(80)69-65-61-57-53-49-16-14-12-10-8-6-4-2/h72-73,77-78H,3-71H2,1-2H3,(H,76,79). The predicted octanol–water partition coefficient (Wildman–Crippen LogP) is 24.5. The summed E-state index contributed by atoms with van der Waals surface area (Å²) in [4.78, 5) is 24.6. The maximum absolute atomic E-state index is 12.6. The molecule has 484 valence electrons. The van der Waals surface area contributed by atoms with Crippen LogP contribution in [0.2, 0.25) is 0 Å². The van der Waals surface area contributed by atoms with Crippen LogP contribution < -0.4 is 5.32 Å². The summed E-state index contributed by atoms with van der Waals surface area (Å²) in [7, 11) is 0. The molecule has 6 heteroatoms. The second-order valence-corrected chi connectivity index (χ2v) is 26.4. The van der Waals surface area contributed by atoms with E-state index in [0.717, 1.165) is 38.5 Å². The maximum Gasteiger partial charge on any atom is 0.305 e. The molecule has 0 fully saturated rings. The Kier molecular flexibility index (Phi) is 70.3. The molecule has 2 unspecified atom stereocenters. The van der Waals surface area contributed by atoms with Gasteiger partial charge in [0.1, 0.15) is 0 Å². The zero-order valence-corrected chi connectivity index (χ0v) is 55.6. The number of carbonyl (C=O) groups excluding carboxylic acids is 2. The first-order chi connectivity index (χ1) is 40.0. The molecular formula is C75H149NO5. The van der Waals surface area contributed by atoms with Crippen molar-refractivity contribution in [3.05, 3.63) is 0 Å². The molecule has 0 aliphatic carbocycles. The second-order valence-electron chi connectivity index (χ2n) is 26.4. The van der Waals surface area contributed by atoms with Crippen molar-refractivity contribution < 1.29 is 24.5 Å². The molecule has 0 saturated carbocycles. The van der Waals surface area contributed by atoms with Gasteiger partial charge in [-0.25, -0.2) is 0 Å². The third kappa shape index (κ3) is 67.9. The van der Waals surface area contributed by atoms with E-state index in [2.05, 4.69) is 19.2 Å². The molecule has 6 nitrogen and oxygen atoms in total. The Morgan fingerprint density at radius 1 is 0.296 bits per heavy atom. The first-order valence-electron chi connectivity index (χ1n) is 37.8. The minimum Gasteiger partial charge on any atom is -0.466 e. The van der Waals surface area contributed by atoms with E-state index < -0.39 is 12.1 Å². The highest BCUT2D eigenvalue weighted by atomic mass is 16.5. The minimum absolute atomic E-state index is 0.0227. The molecule has 0 aromatic carbocycles. The van der Waals surface area contributed by atoms with Crippen LogP contribution in [0.1, 0.15) is 444 Å². The second kappa shape index (κ2) is 71.3. The van der Waals surface area contributed by atoms with Crippen LogP contribution in [0, 0.1) is 0 Å². The highest BCUT2D eigenvalue weighted by Gasteiger charge is 2.20. The number of aliphatic hydroxyl groups is 2. The van der Waals surface area contributed by atoms with Crippen LogP contribution in [0.4, 0.5) is 0 Å². The van der Waals surface area contributed by atoms with E-state index >= 15 is 0 Å². The van der Waals surface area contributed by atoms with Crippen LogP contribution in [0.25, 0.3) is 0 Å². The molecule has 0 saturated heterocycles. The molecule has 0 aliphatic heterocycles. The fourth-order valence-electron chi connectivity index (χ4n) is 12.4. The monoisotopic (exact) mass is 1140 g/mol. The lowest BCUT2D eigenvalue weighted by Gasteiger charge is -2.22. The van der Waals surface area contributed by atoms with E-state index in [1.54, 1.807) is 0 Å². The third-order valence-corrected chi connectivity index (χ3v) is 18.2.